The van der Waals surface area contributed by atoms with Crippen LogP contribution in [0.1, 0.15) is 45.4 Å². The van der Waals surface area contributed by atoms with E-state index in [4.69, 9.17) is 9.47 Å². The highest BCUT2D eigenvalue weighted by Crippen LogP contribution is 2.22. The van der Waals surface area contributed by atoms with Crippen molar-refractivity contribution >= 4 is 11.9 Å². The molecule has 4 heteroatoms. The maximum absolute atomic E-state index is 11.2. The Labute approximate surface area is 89.9 Å². The second kappa shape index (κ2) is 6.43. The predicted octanol–water partition coefficient (Wildman–Crippen LogP) is 1.82. The minimum atomic E-state index is -0.317. The zero-order chi connectivity index (χ0) is 11.1. The second-order valence-electron chi connectivity index (χ2n) is 3.76. The van der Waals surface area contributed by atoms with Crippen LogP contribution in [0.15, 0.2) is 0 Å². The third kappa shape index (κ3) is 4.81. The number of rotatable bonds is 6. The van der Waals surface area contributed by atoms with Crippen LogP contribution in [0, 0.1) is 0 Å². The van der Waals surface area contributed by atoms with Gasteiger partial charge in [0.2, 0.25) is 0 Å². The molecule has 15 heavy (non-hydrogen) atoms. The van der Waals surface area contributed by atoms with Crippen molar-refractivity contribution in [2.75, 3.05) is 6.61 Å². The average Bonchev–Trinajstić information content (AvgIpc) is 2.17. The number of ether oxygens (including phenoxy) is 2. The first-order valence-corrected chi connectivity index (χ1v) is 5.57. The van der Waals surface area contributed by atoms with Crippen molar-refractivity contribution in [1.29, 1.82) is 0 Å². The number of carbonyl (C=O) groups is 2. The molecule has 0 aromatic heterocycles. The highest BCUT2D eigenvalue weighted by Gasteiger charge is 2.21. The Morgan fingerprint density at radius 2 is 1.87 bits per heavy atom. The fourth-order valence-electron chi connectivity index (χ4n) is 1.23. The van der Waals surface area contributed by atoms with Crippen molar-refractivity contribution in [1.82, 2.24) is 0 Å². The van der Waals surface area contributed by atoms with Gasteiger partial charge in [0.15, 0.2) is 0 Å². The Bertz CT molecular complexity index is 221. The van der Waals surface area contributed by atoms with Gasteiger partial charge in [-0.05, 0) is 25.7 Å². The van der Waals surface area contributed by atoms with Gasteiger partial charge in [-0.25, -0.2) is 0 Å². The van der Waals surface area contributed by atoms with E-state index < -0.39 is 0 Å². The van der Waals surface area contributed by atoms with E-state index in [9.17, 15) is 9.59 Å². The summed E-state index contributed by atoms with van der Waals surface area (Å²) in [5.74, 6) is -0.601. The standard InChI is InChI=1S/C11H18O4/c1-2-8-14-10(12)6-7-11(13)15-9-4-3-5-9/h9H,2-8H2,1H3. The van der Waals surface area contributed by atoms with E-state index >= 15 is 0 Å². The molecule has 0 saturated heterocycles. The highest BCUT2D eigenvalue weighted by atomic mass is 16.5. The summed E-state index contributed by atoms with van der Waals surface area (Å²) in [7, 11) is 0. The second-order valence-corrected chi connectivity index (χ2v) is 3.76. The third-order valence-corrected chi connectivity index (χ3v) is 2.35. The summed E-state index contributed by atoms with van der Waals surface area (Å²) >= 11 is 0. The molecule has 0 aliphatic heterocycles. The van der Waals surface area contributed by atoms with Crippen molar-refractivity contribution in [3.63, 3.8) is 0 Å². The average molecular weight is 214 g/mol. The maximum Gasteiger partial charge on any atom is 0.306 e. The Morgan fingerprint density at radius 3 is 2.40 bits per heavy atom. The van der Waals surface area contributed by atoms with Crippen molar-refractivity contribution in [2.24, 2.45) is 0 Å². The van der Waals surface area contributed by atoms with Gasteiger partial charge in [0.1, 0.15) is 6.10 Å². The molecule has 0 heterocycles. The molecule has 0 N–H and O–H groups in total. The van der Waals surface area contributed by atoms with Gasteiger partial charge in [-0.3, -0.25) is 9.59 Å². The van der Waals surface area contributed by atoms with Crippen molar-refractivity contribution in [3.8, 4) is 0 Å². The summed E-state index contributed by atoms with van der Waals surface area (Å²) in [6, 6.07) is 0. The van der Waals surface area contributed by atoms with Gasteiger partial charge in [-0.2, -0.15) is 0 Å². The van der Waals surface area contributed by atoms with E-state index in [-0.39, 0.29) is 30.9 Å². The molecule has 0 amide bonds. The van der Waals surface area contributed by atoms with Gasteiger partial charge < -0.3 is 9.47 Å². The first kappa shape index (κ1) is 12.0. The highest BCUT2D eigenvalue weighted by molar-refractivity contribution is 5.77. The number of esters is 2. The van der Waals surface area contributed by atoms with E-state index in [1.54, 1.807) is 0 Å². The fourth-order valence-corrected chi connectivity index (χ4v) is 1.23. The summed E-state index contributed by atoms with van der Waals surface area (Å²) in [5, 5.41) is 0. The quantitative estimate of drug-likeness (QED) is 0.633. The van der Waals surface area contributed by atoms with E-state index in [2.05, 4.69) is 0 Å². The molecular weight excluding hydrogens is 196 g/mol. The molecular formula is C11H18O4. The molecule has 1 aliphatic carbocycles. The topological polar surface area (TPSA) is 52.6 Å². The van der Waals surface area contributed by atoms with Crippen LogP contribution in [-0.4, -0.2) is 24.6 Å². The van der Waals surface area contributed by atoms with Gasteiger partial charge in [0.25, 0.3) is 0 Å². The van der Waals surface area contributed by atoms with Crippen LogP contribution in [0.5, 0.6) is 0 Å². The molecule has 0 atom stereocenters. The Kier molecular flexibility index (Phi) is 5.15. The van der Waals surface area contributed by atoms with Crippen LogP contribution in [0.4, 0.5) is 0 Å². The SMILES string of the molecule is CCCOC(=O)CCC(=O)OC1CCC1. The van der Waals surface area contributed by atoms with Gasteiger partial charge in [0, 0.05) is 0 Å². The Hall–Kier alpha value is -1.06. The first-order chi connectivity index (χ1) is 7.22. The number of carbonyl (C=O) groups excluding carboxylic acids is 2. The summed E-state index contributed by atoms with van der Waals surface area (Å²) in [6.07, 6.45) is 4.24. The lowest BCUT2D eigenvalue weighted by atomic mass is 9.96. The minimum Gasteiger partial charge on any atom is -0.466 e. The molecule has 0 aromatic carbocycles. The first-order valence-electron chi connectivity index (χ1n) is 5.57. The molecule has 0 spiro atoms. The Balaban J connectivity index is 2.02. The zero-order valence-electron chi connectivity index (χ0n) is 9.16. The van der Waals surface area contributed by atoms with Crippen molar-refractivity contribution < 1.29 is 19.1 Å². The molecule has 86 valence electrons. The summed E-state index contributed by atoms with van der Waals surface area (Å²) in [4.78, 5) is 22.2. The Morgan fingerprint density at radius 1 is 1.20 bits per heavy atom. The normalized spacial score (nSPS) is 15.5. The van der Waals surface area contributed by atoms with E-state index in [1.165, 1.54) is 0 Å². The summed E-state index contributed by atoms with van der Waals surface area (Å²) in [5.41, 5.74) is 0. The molecule has 0 bridgehead atoms. The summed E-state index contributed by atoms with van der Waals surface area (Å²) < 4.78 is 9.93. The molecule has 0 radical (unpaired) electrons. The van der Waals surface area contributed by atoms with Crippen LogP contribution in [-0.2, 0) is 19.1 Å². The molecule has 0 aromatic rings. The van der Waals surface area contributed by atoms with Gasteiger partial charge in [0.05, 0.1) is 19.4 Å². The lowest BCUT2D eigenvalue weighted by Crippen LogP contribution is -2.25. The lowest BCUT2D eigenvalue weighted by Gasteiger charge is -2.24. The molecule has 1 rings (SSSR count). The fraction of sp³-hybridized carbons (Fsp3) is 0.818. The molecule has 1 saturated carbocycles. The smallest absolute Gasteiger partial charge is 0.306 e. The van der Waals surface area contributed by atoms with E-state index in [1.807, 2.05) is 6.92 Å². The molecule has 1 aliphatic rings. The van der Waals surface area contributed by atoms with Crippen LogP contribution in [0.3, 0.4) is 0 Å². The van der Waals surface area contributed by atoms with Crippen LogP contribution >= 0.6 is 0 Å². The maximum atomic E-state index is 11.2. The zero-order valence-corrected chi connectivity index (χ0v) is 9.16. The number of hydrogen-bond donors (Lipinski definition) is 0. The van der Waals surface area contributed by atoms with E-state index in [0.29, 0.717) is 6.61 Å². The van der Waals surface area contributed by atoms with Gasteiger partial charge in [-0.15, -0.1) is 0 Å². The van der Waals surface area contributed by atoms with E-state index in [0.717, 1.165) is 25.7 Å². The van der Waals surface area contributed by atoms with Crippen molar-refractivity contribution in [3.05, 3.63) is 0 Å². The monoisotopic (exact) mass is 214 g/mol. The largest absolute Gasteiger partial charge is 0.466 e. The molecule has 1 fully saturated rings. The van der Waals surface area contributed by atoms with Crippen molar-refractivity contribution in [2.45, 2.75) is 51.6 Å². The predicted molar refractivity (Wildman–Crippen MR) is 54.2 cm³/mol. The van der Waals surface area contributed by atoms with Gasteiger partial charge in [-0.1, -0.05) is 6.92 Å². The third-order valence-electron chi connectivity index (χ3n) is 2.35. The molecule has 0 unspecified atom stereocenters. The lowest BCUT2D eigenvalue weighted by molar-refractivity contribution is -0.156. The molecule has 4 nitrogen and oxygen atoms in total. The van der Waals surface area contributed by atoms with Crippen LogP contribution in [0.2, 0.25) is 0 Å². The summed E-state index contributed by atoms with van der Waals surface area (Å²) in [6.45, 7) is 2.36. The van der Waals surface area contributed by atoms with Crippen LogP contribution in [0.25, 0.3) is 0 Å². The minimum absolute atomic E-state index is 0.101. The number of hydrogen-bond acceptors (Lipinski definition) is 4. The van der Waals surface area contributed by atoms with Gasteiger partial charge >= 0.3 is 11.9 Å². The van der Waals surface area contributed by atoms with Crippen LogP contribution < -0.4 is 0 Å².